The normalized spacial score (nSPS) is 19.6. The van der Waals surface area contributed by atoms with E-state index in [0.29, 0.717) is 24.7 Å². The number of likely N-dealkylation sites (tertiary alicyclic amines) is 1. The third kappa shape index (κ3) is 3.69. The SMILES string of the molecule is Cn1cc(C(F)(F)F)nc1[C@@H]1CCCN(Cc2ccnc(N)c2)C1. The molecule has 130 valence electrons. The zero-order chi connectivity index (χ0) is 17.3. The molecule has 0 spiro atoms. The fraction of sp³-hybridized carbons (Fsp3) is 0.500. The van der Waals surface area contributed by atoms with Gasteiger partial charge in [0.15, 0.2) is 5.69 Å². The molecule has 5 nitrogen and oxygen atoms in total. The van der Waals surface area contributed by atoms with Crippen LogP contribution in [0.3, 0.4) is 0 Å². The summed E-state index contributed by atoms with van der Waals surface area (Å²) in [7, 11) is 1.63. The van der Waals surface area contributed by atoms with E-state index in [1.54, 1.807) is 13.2 Å². The van der Waals surface area contributed by atoms with Crippen molar-refractivity contribution in [3.05, 3.63) is 41.6 Å². The summed E-state index contributed by atoms with van der Waals surface area (Å²) in [4.78, 5) is 10.0. The number of anilines is 1. The van der Waals surface area contributed by atoms with E-state index in [2.05, 4.69) is 14.9 Å². The number of halogens is 3. The Morgan fingerprint density at radius 2 is 2.17 bits per heavy atom. The second-order valence-electron chi connectivity index (χ2n) is 6.26. The summed E-state index contributed by atoms with van der Waals surface area (Å²) in [5, 5.41) is 0. The highest BCUT2D eigenvalue weighted by Crippen LogP contribution is 2.32. The first-order valence-corrected chi connectivity index (χ1v) is 7.86. The minimum absolute atomic E-state index is 0.000894. The number of hydrogen-bond donors (Lipinski definition) is 1. The van der Waals surface area contributed by atoms with Gasteiger partial charge in [-0.1, -0.05) is 0 Å². The Morgan fingerprint density at radius 3 is 2.83 bits per heavy atom. The Labute approximate surface area is 138 Å². The number of imidazole rings is 1. The number of rotatable bonds is 3. The molecule has 2 aromatic rings. The number of nitrogen functional groups attached to an aromatic ring is 1. The first-order valence-electron chi connectivity index (χ1n) is 7.86. The van der Waals surface area contributed by atoms with Crippen LogP contribution in [0.2, 0.25) is 0 Å². The van der Waals surface area contributed by atoms with Crippen LogP contribution in [0.4, 0.5) is 19.0 Å². The van der Waals surface area contributed by atoms with Gasteiger partial charge in [0.1, 0.15) is 11.6 Å². The van der Waals surface area contributed by atoms with Gasteiger partial charge in [-0.2, -0.15) is 13.2 Å². The molecular weight excluding hydrogens is 319 g/mol. The Kier molecular flexibility index (Phi) is 4.49. The molecule has 24 heavy (non-hydrogen) atoms. The van der Waals surface area contributed by atoms with Crippen molar-refractivity contribution in [3.63, 3.8) is 0 Å². The molecule has 0 aromatic carbocycles. The predicted octanol–water partition coefficient (Wildman–Crippen LogP) is 2.80. The van der Waals surface area contributed by atoms with Gasteiger partial charge in [-0.15, -0.1) is 0 Å². The molecule has 0 radical (unpaired) electrons. The van der Waals surface area contributed by atoms with Crippen LogP contribution in [0.1, 0.15) is 35.8 Å². The van der Waals surface area contributed by atoms with Crippen molar-refractivity contribution >= 4 is 5.82 Å². The summed E-state index contributed by atoms with van der Waals surface area (Å²) in [6, 6.07) is 3.73. The van der Waals surface area contributed by atoms with Gasteiger partial charge in [-0.05, 0) is 37.1 Å². The van der Waals surface area contributed by atoms with Gasteiger partial charge in [0.05, 0.1) is 0 Å². The Hall–Kier alpha value is -2.09. The van der Waals surface area contributed by atoms with Crippen molar-refractivity contribution < 1.29 is 13.2 Å². The quantitative estimate of drug-likeness (QED) is 0.934. The maximum absolute atomic E-state index is 12.8. The summed E-state index contributed by atoms with van der Waals surface area (Å²) >= 11 is 0. The van der Waals surface area contributed by atoms with Crippen molar-refractivity contribution in [2.24, 2.45) is 7.05 Å². The van der Waals surface area contributed by atoms with Crippen molar-refractivity contribution in [3.8, 4) is 0 Å². The third-order valence-corrected chi connectivity index (χ3v) is 4.33. The highest BCUT2D eigenvalue weighted by molar-refractivity contribution is 5.31. The van der Waals surface area contributed by atoms with Gasteiger partial charge in [0.25, 0.3) is 0 Å². The summed E-state index contributed by atoms with van der Waals surface area (Å²) < 4.78 is 40.0. The molecule has 0 bridgehead atoms. The standard InChI is InChI=1S/C16H20F3N5/c1-23-10-13(16(17,18)19)22-15(23)12-3-2-6-24(9-12)8-11-4-5-21-14(20)7-11/h4-5,7,10,12H,2-3,6,8-9H2,1H3,(H2,20,21)/t12-/m1/s1. The van der Waals surface area contributed by atoms with Crippen LogP contribution in [0.5, 0.6) is 0 Å². The van der Waals surface area contributed by atoms with E-state index in [1.165, 1.54) is 4.57 Å². The summed E-state index contributed by atoms with van der Waals surface area (Å²) in [5.74, 6) is 0.972. The fourth-order valence-corrected chi connectivity index (χ4v) is 3.26. The number of piperidine rings is 1. The third-order valence-electron chi connectivity index (χ3n) is 4.33. The number of aryl methyl sites for hydroxylation is 1. The lowest BCUT2D eigenvalue weighted by molar-refractivity contribution is -0.141. The molecule has 2 aromatic heterocycles. The highest BCUT2D eigenvalue weighted by atomic mass is 19.4. The Balaban J connectivity index is 1.73. The summed E-state index contributed by atoms with van der Waals surface area (Å²) in [6.07, 6.45) is 0.105. The molecule has 0 amide bonds. The molecule has 3 heterocycles. The van der Waals surface area contributed by atoms with Crippen molar-refractivity contribution in [1.29, 1.82) is 0 Å². The van der Waals surface area contributed by atoms with E-state index in [4.69, 9.17) is 5.73 Å². The second-order valence-corrected chi connectivity index (χ2v) is 6.26. The smallest absolute Gasteiger partial charge is 0.384 e. The number of nitrogens with two attached hydrogens (primary N) is 1. The average Bonchev–Trinajstić information content (AvgIpc) is 2.90. The summed E-state index contributed by atoms with van der Waals surface area (Å²) in [6.45, 7) is 2.30. The van der Waals surface area contributed by atoms with Gasteiger partial charge >= 0.3 is 6.18 Å². The van der Waals surface area contributed by atoms with Gasteiger partial charge < -0.3 is 10.3 Å². The summed E-state index contributed by atoms with van der Waals surface area (Å²) in [5.41, 5.74) is 5.93. The maximum atomic E-state index is 12.8. The maximum Gasteiger partial charge on any atom is 0.434 e. The molecular formula is C16H20F3N5. The fourth-order valence-electron chi connectivity index (χ4n) is 3.26. The lowest BCUT2D eigenvalue weighted by Gasteiger charge is -2.32. The number of hydrogen-bond acceptors (Lipinski definition) is 4. The van der Waals surface area contributed by atoms with Crippen LogP contribution in [-0.2, 0) is 19.8 Å². The van der Waals surface area contributed by atoms with E-state index >= 15 is 0 Å². The largest absolute Gasteiger partial charge is 0.434 e. The molecule has 3 rings (SSSR count). The van der Waals surface area contributed by atoms with Crippen LogP contribution in [0, 0.1) is 0 Å². The van der Waals surface area contributed by atoms with Crippen LogP contribution in [-0.4, -0.2) is 32.5 Å². The van der Waals surface area contributed by atoms with Gasteiger partial charge in [0.2, 0.25) is 0 Å². The van der Waals surface area contributed by atoms with Crippen LogP contribution < -0.4 is 5.73 Å². The van der Waals surface area contributed by atoms with Crippen LogP contribution in [0.15, 0.2) is 24.5 Å². The highest BCUT2D eigenvalue weighted by Gasteiger charge is 2.36. The molecule has 1 aliphatic heterocycles. The number of alkyl halides is 3. The first kappa shape index (κ1) is 16.8. The molecule has 0 aliphatic carbocycles. The Morgan fingerprint density at radius 1 is 1.38 bits per heavy atom. The minimum atomic E-state index is -4.40. The van der Waals surface area contributed by atoms with E-state index in [0.717, 1.165) is 31.1 Å². The van der Waals surface area contributed by atoms with E-state index < -0.39 is 11.9 Å². The second kappa shape index (κ2) is 6.43. The first-order chi connectivity index (χ1) is 11.3. The molecule has 2 N–H and O–H groups in total. The van der Waals surface area contributed by atoms with Crippen molar-refractivity contribution in [2.75, 3.05) is 18.8 Å². The Bertz CT molecular complexity index is 710. The monoisotopic (exact) mass is 339 g/mol. The van der Waals surface area contributed by atoms with E-state index in [9.17, 15) is 13.2 Å². The van der Waals surface area contributed by atoms with Gasteiger partial charge in [0, 0.05) is 38.4 Å². The van der Waals surface area contributed by atoms with Crippen LogP contribution in [0.25, 0.3) is 0 Å². The zero-order valence-corrected chi connectivity index (χ0v) is 13.4. The molecule has 1 atom stereocenters. The molecule has 1 saturated heterocycles. The zero-order valence-electron chi connectivity index (χ0n) is 13.4. The number of nitrogens with zero attached hydrogens (tertiary/aromatic N) is 4. The predicted molar refractivity (Wildman–Crippen MR) is 84.1 cm³/mol. The van der Waals surface area contributed by atoms with Crippen molar-refractivity contribution in [1.82, 2.24) is 19.4 Å². The topological polar surface area (TPSA) is 60.0 Å². The molecule has 8 heteroatoms. The molecule has 1 aliphatic rings. The van der Waals surface area contributed by atoms with Gasteiger partial charge in [-0.25, -0.2) is 9.97 Å². The molecule has 0 unspecified atom stereocenters. The molecule has 0 saturated carbocycles. The average molecular weight is 339 g/mol. The van der Waals surface area contributed by atoms with Gasteiger partial charge in [-0.3, -0.25) is 4.90 Å². The number of aromatic nitrogens is 3. The molecule has 1 fully saturated rings. The van der Waals surface area contributed by atoms with Crippen molar-refractivity contribution in [2.45, 2.75) is 31.5 Å². The van der Waals surface area contributed by atoms with E-state index in [1.807, 2.05) is 12.1 Å². The van der Waals surface area contributed by atoms with E-state index in [-0.39, 0.29) is 5.92 Å². The van der Waals surface area contributed by atoms with Crippen LogP contribution >= 0.6 is 0 Å². The number of pyridine rings is 1. The lowest BCUT2D eigenvalue weighted by Crippen LogP contribution is -2.34. The lowest BCUT2D eigenvalue weighted by atomic mass is 9.96. The minimum Gasteiger partial charge on any atom is -0.384 e.